The zero-order valence-corrected chi connectivity index (χ0v) is 23.3. The number of allylic oxidation sites excluding steroid dienone is 9. The molecule has 0 aromatic rings. The lowest BCUT2D eigenvalue weighted by atomic mass is 10.0. The van der Waals surface area contributed by atoms with Crippen molar-refractivity contribution in [1.29, 1.82) is 0 Å². The maximum absolute atomic E-state index is 11.2. The Morgan fingerprint density at radius 2 is 0.971 bits per heavy atom. The van der Waals surface area contributed by atoms with Crippen molar-refractivity contribution in [2.75, 3.05) is 6.61 Å². The fraction of sp³-hybridized carbons (Fsp3) is 0.600. The molecular formula is C25H41O7P2-3. The maximum Gasteiger partial charge on any atom is 0.272 e. The first-order chi connectivity index (χ1) is 15.7. The third kappa shape index (κ3) is 21.5. The van der Waals surface area contributed by atoms with Gasteiger partial charge in [-0.2, -0.15) is 0 Å². The summed E-state index contributed by atoms with van der Waals surface area (Å²) in [5, 5.41) is 0. The Kier molecular flexibility index (Phi) is 16.9. The SMILES string of the molecule is CC(C)=CCC/C(C)=C/CC/C(C)=C\CC/C(C)=C\CC/C(C)=C\COP(=O)([O-])OP(=O)([O-])[O-]. The Morgan fingerprint density at radius 1 is 0.618 bits per heavy atom. The highest BCUT2D eigenvalue weighted by molar-refractivity contribution is 7.58. The normalized spacial score (nSPS) is 15.9. The molecule has 7 nitrogen and oxygen atoms in total. The molecule has 0 fully saturated rings. The molecule has 0 aliphatic rings. The first-order valence-electron chi connectivity index (χ1n) is 11.6. The maximum atomic E-state index is 11.2. The van der Waals surface area contributed by atoms with Gasteiger partial charge in [0.1, 0.15) is 0 Å². The summed E-state index contributed by atoms with van der Waals surface area (Å²) in [4.78, 5) is 31.9. The van der Waals surface area contributed by atoms with Crippen molar-refractivity contribution >= 4 is 15.6 Å². The zero-order chi connectivity index (χ0) is 26.2. The van der Waals surface area contributed by atoms with Crippen molar-refractivity contribution in [3.05, 3.63) is 58.2 Å². The molecule has 0 N–H and O–H groups in total. The quantitative estimate of drug-likeness (QED) is 0.167. The standard InChI is InChI=1S/C25H44O7P2/c1-21(2)11-7-12-22(3)13-8-14-23(4)15-9-16-24(5)17-10-18-25(6)19-20-31-34(29,30)32-33(26,27)28/h11,13,15,17,19H,7-10,12,14,16,18,20H2,1-6H3,(H,29,30)(H2,26,27,28)/p-3/b22-13+,23-15-,24-17-,25-19-. The van der Waals surface area contributed by atoms with E-state index in [1.54, 1.807) is 0 Å². The van der Waals surface area contributed by atoms with Gasteiger partial charge in [-0.1, -0.05) is 58.2 Å². The Balaban J connectivity index is 4.22. The zero-order valence-electron chi connectivity index (χ0n) is 21.5. The minimum absolute atomic E-state index is 0.385. The largest absolute Gasteiger partial charge is 0.790 e. The average Bonchev–Trinajstić information content (AvgIpc) is 2.65. The van der Waals surface area contributed by atoms with Crippen LogP contribution in [0.5, 0.6) is 0 Å². The summed E-state index contributed by atoms with van der Waals surface area (Å²) in [6, 6.07) is 0. The van der Waals surface area contributed by atoms with Crippen molar-refractivity contribution in [1.82, 2.24) is 0 Å². The van der Waals surface area contributed by atoms with Crippen molar-refractivity contribution < 1.29 is 32.6 Å². The van der Waals surface area contributed by atoms with Gasteiger partial charge in [-0.3, -0.25) is 8.88 Å². The summed E-state index contributed by atoms with van der Waals surface area (Å²) in [5.41, 5.74) is 6.41. The van der Waals surface area contributed by atoms with Crippen LogP contribution in [0.15, 0.2) is 58.2 Å². The number of hydrogen-bond acceptors (Lipinski definition) is 7. The van der Waals surface area contributed by atoms with Gasteiger partial charge in [0.05, 0.1) is 14.4 Å². The van der Waals surface area contributed by atoms with E-state index in [9.17, 15) is 23.8 Å². The summed E-state index contributed by atoms with van der Waals surface area (Å²) in [7, 11) is -10.8. The Labute approximate surface area is 206 Å². The lowest BCUT2D eigenvalue weighted by Crippen LogP contribution is -2.19. The molecule has 0 saturated heterocycles. The molecule has 0 aliphatic heterocycles. The molecule has 0 bridgehead atoms. The third-order valence-corrected chi connectivity index (χ3v) is 7.12. The molecule has 1 unspecified atom stereocenters. The molecule has 0 rings (SSSR count). The minimum atomic E-state index is -5.65. The fourth-order valence-electron chi connectivity index (χ4n) is 3.05. The van der Waals surface area contributed by atoms with E-state index in [1.807, 2.05) is 6.92 Å². The second kappa shape index (κ2) is 17.4. The molecule has 0 spiro atoms. The monoisotopic (exact) mass is 515 g/mol. The van der Waals surface area contributed by atoms with E-state index in [0.717, 1.165) is 50.5 Å². The Morgan fingerprint density at radius 3 is 1.32 bits per heavy atom. The summed E-state index contributed by atoms with van der Waals surface area (Å²) >= 11 is 0. The predicted octanol–water partition coefficient (Wildman–Crippen LogP) is 6.19. The van der Waals surface area contributed by atoms with E-state index in [2.05, 4.69) is 67.8 Å². The van der Waals surface area contributed by atoms with Gasteiger partial charge in [-0.25, -0.2) is 0 Å². The number of rotatable bonds is 17. The first-order valence-corrected chi connectivity index (χ1v) is 14.6. The van der Waals surface area contributed by atoms with Crippen LogP contribution in [0.4, 0.5) is 0 Å². The summed E-state index contributed by atoms with van der Waals surface area (Å²) in [6.45, 7) is 12.2. The topological polar surface area (TPSA) is 122 Å². The number of phosphoric ester groups is 1. The number of phosphoric acid groups is 2. The van der Waals surface area contributed by atoms with E-state index in [0.29, 0.717) is 6.42 Å². The minimum Gasteiger partial charge on any atom is -0.790 e. The molecule has 0 amide bonds. The lowest BCUT2D eigenvalue weighted by Gasteiger charge is -2.34. The molecule has 0 saturated carbocycles. The average molecular weight is 516 g/mol. The van der Waals surface area contributed by atoms with Crippen LogP contribution in [0.2, 0.25) is 0 Å². The van der Waals surface area contributed by atoms with Crippen LogP contribution in [0.3, 0.4) is 0 Å². The van der Waals surface area contributed by atoms with Gasteiger partial charge in [0.25, 0.3) is 7.82 Å². The van der Waals surface area contributed by atoms with Gasteiger partial charge in [0, 0.05) is 0 Å². The number of hydrogen-bond donors (Lipinski definition) is 0. The van der Waals surface area contributed by atoms with Crippen molar-refractivity contribution in [3.8, 4) is 0 Å². The fourth-order valence-corrected chi connectivity index (χ4v) is 4.48. The van der Waals surface area contributed by atoms with Gasteiger partial charge < -0.3 is 23.8 Å². The molecule has 196 valence electrons. The van der Waals surface area contributed by atoms with Crippen LogP contribution < -0.4 is 14.7 Å². The van der Waals surface area contributed by atoms with Crippen LogP contribution in [0, 0.1) is 0 Å². The van der Waals surface area contributed by atoms with Crippen molar-refractivity contribution in [3.63, 3.8) is 0 Å². The van der Waals surface area contributed by atoms with E-state index in [1.165, 1.54) is 28.4 Å². The van der Waals surface area contributed by atoms with Gasteiger partial charge >= 0.3 is 0 Å². The Hall–Kier alpha value is -1.04. The highest BCUT2D eigenvalue weighted by atomic mass is 31.3. The van der Waals surface area contributed by atoms with Gasteiger partial charge in [0.15, 0.2) is 0 Å². The molecule has 9 heteroatoms. The molecule has 0 radical (unpaired) electrons. The van der Waals surface area contributed by atoms with Crippen molar-refractivity contribution in [2.24, 2.45) is 0 Å². The molecule has 34 heavy (non-hydrogen) atoms. The van der Waals surface area contributed by atoms with Crippen molar-refractivity contribution in [2.45, 2.75) is 92.9 Å². The Bertz CT molecular complexity index is 856. The van der Waals surface area contributed by atoms with Gasteiger partial charge in [-0.15, -0.1) is 0 Å². The summed E-state index contributed by atoms with van der Waals surface area (Å²) in [5.74, 6) is 0. The second-order valence-corrected chi connectivity index (χ2v) is 11.6. The van der Waals surface area contributed by atoms with Crippen LogP contribution in [-0.4, -0.2) is 6.61 Å². The summed E-state index contributed by atoms with van der Waals surface area (Å²) in [6.07, 6.45) is 18.5. The molecule has 1 atom stereocenters. The lowest BCUT2D eigenvalue weighted by molar-refractivity contribution is -0.339. The van der Waals surface area contributed by atoms with Crippen LogP contribution in [0.1, 0.15) is 92.9 Å². The molecule has 0 aromatic heterocycles. The van der Waals surface area contributed by atoms with E-state index in [-0.39, 0.29) is 6.61 Å². The molecule has 0 heterocycles. The van der Waals surface area contributed by atoms with Gasteiger partial charge in [0.2, 0.25) is 0 Å². The smallest absolute Gasteiger partial charge is 0.272 e. The van der Waals surface area contributed by atoms with E-state index >= 15 is 0 Å². The van der Waals surface area contributed by atoms with E-state index in [4.69, 9.17) is 0 Å². The van der Waals surface area contributed by atoms with Crippen LogP contribution in [0.25, 0.3) is 0 Å². The third-order valence-electron chi connectivity index (χ3n) is 5.05. The van der Waals surface area contributed by atoms with E-state index < -0.39 is 15.6 Å². The predicted molar refractivity (Wildman–Crippen MR) is 134 cm³/mol. The summed E-state index contributed by atoms with van der Waals surface area (Å²) < 4.78 is 29.3. The second-order valence-electron chi connectivity index (χ2n) is 8.91. The van der Waals surface area contributed by atoms with Crippen LogP contribution in [-0.2, 0) is 18.0 Å². The first kappa shape index (κ1) is 33.0. The highest BCUT2D eigenvalue weighted by Crippen LogP contribution is 2.50. The highest BCUT2D eigenvalue weighted by Gasteiger charge is 2.10. The molecule has 0 aliphatic carbocycles. The molecule has 0 aromatic carbocycles. The van der Waals surface area contributed by atoms with Gasteiger partial charge in [-0.05, 0) is 92.9 Å². The molecular weight excluding hydrogens is 474 g/mol. The van der Waals surface area contributed by atoms with Crippen LogP contribution >= 0.6 is 15.6 Å².